The minimum Gasteiger partial charge on any atom is -0.358 e. The smallest absolute Gasteiger partial charge is 0.138 e. The van der Waals surface area contributed by atoms with E-state index in [-0.39, 0.29) is 319 Å². The molecule has 0 spiro atoms. The number of carbonyl (C=O) groups is 7. The van der Waals surface area contributed by atoms with Gasteiger partial charge in [0.2, 0.25) is 0 Å². The molecule has 0 aliphatic rings. The van der Waals surface area contributed by atoms with Gasteiger partial charge in [-0.1, -0.05) is 383 Å². The molecule has 7 radical (unpaired) electrons. The van der Waals surface area contributed by atoms with Crippen LogP contribution >= 0.6 is 0 Å². The Kier molecular flexibility index (Phi) is 180. The molecule has 121 heavy (non-hydrogen) atoms. The van der Waals surface area contributed by atoms with Crippen LogP contribution in [0, 0.1) is 138 Å². The van der Waals surface area contributed by atoms with Crippen LogP contribution in [0.3, 0.4) is 0 Å². The van der Waals surface area contributed by atoms with Gasteiger partial charge in [0.15, 0.2) is 0 Å². The summed E-state index contributed by atoms with van der Waals surface area (Å²) in [4.78, 5) is 81.0. The van der Waals surface area contributed by atoms with Gasteiger partial charge in [-0.05, 0) is 44.9 Å². The number of unbranched alkanes of at least 4 members (excludes halogenated alkanes) is 44. The maximum Gasteiger partial charge on any atom is 0.138 e. The molecule has 0 heterocycles. The first-order valence-corrected chi connectivity index (χ1v) is 45.2. The molecule has 0 bridgehead atoms. The van der Waals surface area contributed by atoms with Crippen molar-refractivity contribution in [2.24, 2.45) is 37.9 Å². The Bertz CT molecular complexity index is 2010. The Labute approximate surface area is 945 Å². The third-order valence-electron chi connectivity index (χ3n) is 19.7. The molecule has 0 aromatic rings. The zero-order valence-corrected chi connectivity index (χ0v) is 108. The van der Waals surface area contributed by atoms with Crippen LogP contribution in [-0.4, -0.2) is 40.5 Å². The summed E-state index contributed by atoms with van der Waals surface area (Å²) >= 11 is 0. The Morgan fingerprint density at radius 2 is 0.190 bits per heavy atom. The van der Waals surface area contributed by atoms with Gasteiger partial charge in [-0.2, -0.15) is 44.9 Å². The fourth-order valence-electron chi connectivity index (χ4n) is 11.2. The number of hydrogen-bond acceptors (Lipinski definition) is 7. The predicted molar refractivity (Wildman–Crippen MR) is 521 cm³/mol. The molecular formula is C107H214O7Y7-14. The third kappa shape index (κ3) is 151. The second-order valence-electron chi connectivity index (χ2n) is 38.5. The van der Waals surface area contributed by atoms with E-state index in [2.05, 4.69) is 48.5 Å². The van der Waals surface area contributed by atoms with Crippen LogP contribution in [0.4, 0.5) is 0 Å². The van der Waals surface area contributed by atoms with E-state index in [1.54, 1.807) is 0 Å². The maximum absolute atomic E-state index is 11.8. The third-order valence-corrected chi connectivity index (χ3v) is 19.7. The second-order valence-corrected chi connectivity index (χ2v) is 38.5. The van der Waals surface area contributed by atoms with Crippen LogP contribution in [0.2, 0.25) is 0 Å². The molecule has 0 aromatic heterocycles. The molecule has 0 aromatic carbocycles. The van der Waals surface area contributed by atoms with Crippen molar-refractivity contribution in [2.45, 2.75) is 518 Å². The Balaban J connectivity index is -0.0000000501. The molecule has 0 saturated heterocycles. The van der Waals surface area contributed by atoms with Gasteiger partial charge in [-0.15, -0.1) is 0 Å². The maximum atomic E-state index is 11.8. The van der Waals surface area contributed by atoms with Crippen molar-refractivity contribution in [1.82, 2.24) is 0 Å². The summed E-state index contributed by atoms with van der Waals surface area (Å²) in [7, 11) is 0. The summed E-state index contributed by atoms with van der Waals surface area (Å²) < 4.78 is 0. The van der Waals surface area contributed by atoms with Crippen molar-refractivity contribution in [3.8, 4) is 0 Å². The number of ketones is 7. The molecular weight excluding hydrogens is 2020 g/mol. The first-order chi connectivity index (χ1) is 49.9. The molecule has 0 atom stereocenters. The average Bonchev–Trinajstić information content (AvgIpc) is 0.963. The van der Waals surface area contributed by atoms with Crippen molar-refractivity contribution in [1.29, 1.82) is 0 Å². The molecule has 719 valence electrons. The molecule has 0 rings (SSSR count). The number of carbonyl (C=O) groups excluding carboxylic acids is 7. The van der Waals surface area contributed by atoms with Crippen molar-refractivity contribution in [2.75, 3.05) is 0 Å². The van der Waals surface area contributed by atoms with Gasteiger partial charge >= 0.3 is 0 Å². The molecule has 0 amide bonds. The van der Waals surface area contributed by atoms with E-state index in [0.29, 0.717) is 40.5 Å². The van der Waals surface area contributed by atoms with Crippen molar-refractivity contribution < 1.29 is 263 Å². The predicted octanol–water partition coefficient (Wildman–Crippen LogP) is 35.8. The van der Waals surface area contributed by atoms with Gasteiger partial charge in [0.05, 0.1) is 0 Å². The fourth-order valence-corrected chi connectivity index (χ4v) is 11.2. The molecule has 7 nitrogen and oxygen atoms in total. The van der Waals surface area contributed by atoms with Crippen LogP contribution in [-0.2, 0) is 263 Å². The fraction of sp³-hybridized carbons (Fsp3) is 0.804. The van der Waals surface area contributed by atoms with Gasteiger partial charge in [0.25, 0.3) is 0 Å². The summed E-state index contributed by atoms with van der Waals surface area (Å²) in [6.07, 6.45) is 67.9. The molecule has 0 aliphatic carbocycles. The normalized spacial score (nSPS) is 10.4. The Morgan fingerprint density at radius 3 is 0.264 bits per heavy atom. The van der Waals surface area contributed by atoms with Crippen LogP contribution in [0.25, 0.3) is 0 Å². The second kappa shape index (κ2) is 121. The Hall–Kier alpha value is 5.42. The largest absolute Gasteiger partial charge is 0.358 e. The average molecular weight is 2240 g/mol. The van der Waals surface area contributed by atoms with Crippen LogP contribution in [0.15, 0.2) is 0 Å². The number of hydrogen-bond donors (Lipinski definition) is 0. The molecule has 14 heteroatoms. The van der Waals surface area contributed by atoms with E-state index >= 15 is 0 Å². The van der Waals surface area contributed by atoms with Gasteiger partial charge in [-0.25, -0.2) is 0 Å². The van der Waals surface area contributed by atoms with E-state index in [4.69, 9.17) is 0 Å². The molecule has 0 fully saturated rings. The topological polar surface area (TPSA) is 119 Å². The van der Waals surface area contributed by atoms with E-state index in [1.807, 2.05) is 145 Å². The molecule has 0 saturated carbocycles. The zero-order valence-electron chi connectivity index (χ0n) is 87.9. The van der Waals surface area contributed by atoms with Gasteiger partial charge < -0.3 is 100 Å². The standard InChI is InChI=1S/C20H39O.C16H31O.C15H29O.C14H27O.C13H25O.C12H23O.C10H19O.7CH3.7Y/c1-5-6-7-8-9-10-11-12-13-14-15-16-17-18-19(21)20(2,3)4;1-5-6-7-8-9-10-11-12-13-14-15(17)16(2,3)4;1-5-6-7-8-9-10-11-12-13-14(16)15(2,3)4;1-5-6-7-8-9-10-11-12-13(15)14(2,3)4;1-5-6-7-8-9-10-11-12(14)13(2,3)4;1-5-6-7-8-9-10-11(13)12(2,3)4;1-5-6-7-8-9(11)10(2,3)4;;;;;;;;;;;;;;/h1,5-18H2,2-4H3;1,5-14H2,2-4H3;1,5-13H2,2-4H3;1,5-12H2,2-4H3;1,5-11H2,2-4H3;1,5-10H2,2-4H3;1,5-8H2,2-4H3;7*1H3;;;;;;;/q14*-1;;;;;;;. The molecule has 0 unspecified atom stereocenters. The monoisotopic (exact) mass is 2230 g/mol. The van der Waals surface area contributed by atoms with Gasteiger partial charge in [0, 0.05) is 312 Å². The van der Waals surface area contributed by atoms with E-state index in [0.717, 1.165) is 141 Å². The van der Waals surface area contributed by atoms with Crippen molar-refractivity contribution in [3.63, 3.8) is 0 Å². The number of rotatable bonds is 58. The van der Waals surface area contributed by atoms with Crippen LogP contribution in [0.5, 0.6) is 0 Å². The first-order valence-electron chi connectivity index (χ1n) is 45.2. The van der Waals surface area contributed by atoms with Gasteiger partial charge in [0.1, 0.15) is 40.5 Å². The Morgan fingerprint density at radius 1 is 0.132 bits per heavy atom. The van der Waals surface area contributed by atoms with E-state index in [1.165, 1.54) is 231 Å². The van der Waals surface area contributed by atoms with E-state index < -0.39 is 0 Å². The molecule has 0 aliphatic heterocycles. The van der Waals surface area contributed by atoms with Crippen LogP contribution < -0.4 is 0 Å². The SMILES string of the molecule is [CH2-]CCCCC(=O)C(C)(C)C.[CH2-]CCCCCCC(=O)C(C)(C)C.[CH2-]CCCCCCCC(=O)C(C)(C)C.[CH2-]CCCCCCCCC(=O)C(C)(C)C.[CH2-]CCCCCCCCCC(=O)C(C)(C)C.[CH2-]CCCCCCCCCCC(=O)C(C)(C)C.[CH2-]CCCCCCCCCCCCCCC(=O)C(C)(C)C.[CH3-].[CH3-].[CH3-].[CH3-].[CH3-].[CH3-].[CH3-].[Y].[Y].[Y].[Y].[Y].[Y].[Y]. The summed E-state index contributed by atoms with van der Waals surface area (Å²) in [6.45, 7) is 68.7. The van der Waals surface area contributed by atoms with Gasteiger partial charge in [-0.3, -0.25) is 33.6 Å². The minimum atomic E-state index is -0.152. The first kappa shape index (κ1) is 179. The molecule has 0 N–H and O–H groups in total. The summed E-state index contributed by atoms with van der Waals surface area (Å²) in [5.74, 6) is 2.79. The number of Topliss-reactive ketones (excluding diaryl/α,β-unsaturated/α-hetero) is 7. The van der Waals surface area contributed by atoms with Crippen molar-refractivity contribution >= 4 is 40.5 Å². The minimum absolute atomic E-state index is 0. The quantitative estimate of drug-likeness (QED) is 0.0439. The van der Waals surface area contributed by atoms with E-state index in [9.17, 15) is 33.6 Å². The summed E-state index contributed by atoms with van der Waals surface area (Å²) in [5.41, 5.74) is -1.02. The summed E-state index contributed by atoms with van der Waals surface area (Å²) in [5, 5.41) is 0. The zero-order chi connectivity index (χ0) is 83.6. The summed E-state index contributed by atoms with van der Waals surface area (Å²) in [6, 6.07) is 0. The van der Waals surface area contributed by atoms with Crippen molar-refractivity contribution in [3.05, 3.63) is 100 Å². The van der Waals surface area contributed by atoms with Crippen LogP contribution in [0.1, 0.15) is 518 Å².